The van der Waals surface area contributed by atoms with E-state index in [0.29, 0.717) is 13.2 Å². The smallest absolute Gasteiger partial charge is 0.237 e. The summed E-state index contributed by atoms with van der Waals surface area (Å²) in [5.74, 6) is 0.826. The maximum atomic E-state index is 11.9. The number of halogens is 1. The Kier molecular flexibility index (Phi) is 9.82. The van der Waals surface area contributed by atoms with Gasteiger partial charge in [-0.15, -0.1) is 12.4 Å². The highest BCUT2D eigenvalue weighted by atomic mass is 35.5. The first kappa shape index (κ1) is 21.7. The first-order chi connectivity index (χ1) is 11.6. The number of ether oxygens (including phenoxy) is 2. The van der Waals surface area contributed by atoms with Crippen LogP contribution in [0.5, 0.6) is 5.75 Å². The van der Waals surface area contributed by atoms with Gasteiger partial charge in [0.15, 0.2) is 0 Å². The summed E-state index contributed by atoms with van der Waals surface area (Å²) >= 11 is 0. The summed E-state index contributed by atoms with van der Waals surface area (Å²) in [5, 5.41) is 2.87. The second-order valence-corrected chi connectivity index (χ2v) is 6.44. The third kappa shape index (κ3) is 7.61. The van der Waals surface area contributed by atoms with Crippen LogP contribution in [0.4, 0.5) is 0 Å². The molecular formula is C18H30ClN3O3. The highest BCUT2D eigenvalue weighted by Gasteiger charge is 2.16. The van der Waals surface area contributed by atoms with E-state index < -0.39 is 6.04 Å². The molecule has 0 bridgehead atoms. The van der Waals surface area contributed by atoms with E-state index >= 15 is 0 Å². The largest absolute Gasteiger partial charge is 0.492 e. The molecule has 1 aromatic carbocycles. The van der Waals surface area contributed by atoms with Gasteiger partial charge in [0.1, 0.15) is 12.4 Å². The van der Waals surface area contributed by atoms with Crippen molar-refractivity contribution in [2.75, 3.05) is 39.5 Å². The van der Waals surface area contributed by atoms with Crippen molar-refractivity contribution in [1.29, 1.82) is 0 Å². The van der Waals surface area contributed by atoms with E-state index in [2.05, 4.69) is 10.2 Å². The molecule has 1 aromatic rings. The molecule has 142 valence electrons. The second kappa shape index (κ2) is 11.3. The highest BCUT2D eigenvalue weighted by Crippen LogP contribution is 2.13. The molecule has 25 heavy (non-hydrogen) atoms. The lowest BCUT2D eigenvalue weighted by Crippen LogP contribution is -2.43. The summed E-state index contributed by atoms with van der Waals surface area (Å²) in [6.45, 7) is 9.40. The van der Waals surface area contributed by atoms with Gasteiger partial charge in [0, 0.05) is 26.2 Å². The Hall–Kier alpha value is -1.34. The van der Waals surface area contributed by atoms with Gasteiger partial charge >= 0.3 is 0 Å². The summed E-state index contributed by atoms with van der Waals surface area (Å²) < 4.78 is 11.2. The van der Waals surface area contributed by atoms with Gasteiger partial charge in [-0.25, -0.2) is 0 Å². The molecule has 1 fully saturated rings. The number of nitrogens with zero attached hydrogens (tertiary/aromatic N) is 1. The SMILES string of the molecule is CC(C)[C@H](N)C(=O)NCc1cccc(OCCN2CCOCC2)c1.Cl. The molecule has 0 aliphatic carbocycles. The summed E-state index contributed by atoms with van der Waals surface area (Å²) in [4.78, 5) is 14.2. The first-order valence-corrected chi connectivity index (χ1v) is 8.61. The van der Waals surface area contributed by atoms with Crippen molar-refractivity contribution >= 4 is 18.3 Å². The number of nitrogens with two attached hydrogens (primary N) is 1. The maximum Gasteiger partial charge on any atom is 0.237 e. The molecule has 0 unspecified atom stereocenters. The highest BCUT2D eigenvalue weighted by molar-refractivity contribution is 5.85. The van der Waals surface area contributed by atoms with Crippen molar-refractivity contribution in [3.63, 3.8) is 0 Å². The average Bonchev–Trinajstić information content (AvgIpc) is 2.60. The van der Waals surface area contributed by atoms with Gasteiger partial charge in [-0.3, -0.25) is 9.69 Å². The molecule has 1 amide bonds. The predicted octanol–water partition coefficient (Wildman–Crippen LogP) is 1.42. The maximum absolute atomic E-state index is 11.9. The van der Waals surface area contributed by atoms with Crippen molar-refractivity contribution < 1.29 is 14.3 Å². The molecule has 1 heterocycles. The molecule has 0 spiro atoms. The van der Waals surface area contributed by atoms with Gasteiger partial charge in [0.2, 0.25) is 5.91 Å². The quantitative estimate of drug-likeness (QED) is 0.722. The Morgan fingerprint density at radius 2 is 2.08 bits per heavy atom. The number of morpholine rings is 1. The lowest BCUT2D eigenvalue weighted by atomic mass is 10.0. The zero-order chi connectivity index (χ0) is 17.4. The van der Waals surface area contributed by atoms with Gasteiger partial charge < -0.3 is 20.5 Å². The number of hydrogen-bond acceptors (Lipinski definition) is 5. The van der Waals surface area contributed by atoms with Crippen LogP contribution in [-0.4, -0.2) is 56.3 Å². The van der Waals surface area contributed by atoms with Crippen LogP contribution in [0.3, 0.4) is 0 Å². The van der Waals surface area contributed by atoms with Crippen molar-refractivity contribution in [1.82, 2.24) is 10.2 Å². The van der Waals surface area contributed by atoms with Gasteiger partial charge in [0.25, 0.3) is 0 Å². The van der Waals surface area contributed by atoms with Crippen LogP contribution in [-0.2, 0) is 16.1 Å². The summed E-state index contributed by atoms with van der Waals surface area (Å²) in [6.07, 6.45) is 0. The van der Waals surface area contributed by atoms with Gasteiger partial charge in [-0.05, 0) is 23.6 Å². The number of carbonyl (C=O) groups is 1. The van der Waals surface area contributed by atoms with Gasteiger partial charge in [0.05, 0.1) is 19.3 Å². The lowest BCUT2D eigenvalue weighted by Gasteiger charge is -2.26. The standard InChI is InChI=1S/C18H29N3O3.ClH/c1-14(2)17(19)18(22)20-13-15-4-3-5-16(12-15)24-11-8-21-6-9-23-10-7-21;/h3-5,12,14,17H,6-11,13,19H2,1-2H3,(H,20,22);1H/t17-;/m0./s1. The lowest BCUT2D eigenvalue weighted by molar-refractivity contribution is -0.123. The number of hydrogen-bond donors (Lipinski definition) is 2. The number of benzene rings is 1. The van der Waals surface area contributed by atoms with E-state index in [9.17, 15) is 4.79 Å². The third-order valence-corrected chi connectivity index (χ3v) is 4.17. The monoisotopic (exact) mass is 371 g/mol. The number of rotatable bonds is 8. The fraction of sp³-hybridized carbons (Fsp3) is 0.611. The molecule has 1 saturated heterocycles. The van der Waals surface area contributed by atoms with E-state index in [0.717, 1.165) is 44.2 Å². The Bertz CT molecular complexity index is 522. The Labute approximate surface area is 156 Å². The molecule has 1 aliphatic rings. The Morgan fingerprint density at radius 3 is 2.76 bits per heavy atom. The zero-order valence-electron chi connectivity index (χ0n) is 15.1. The van der Waals surface area contributed by atoms with Crippen molar-refractivity contribution in [2.45, 2.75) is 26.4 Å². The summed E-state index contributed by atoms with van der Waals surface area (Å²) in [5.41, 5.74) is 6.84. The van der Waals surface area contributed by atoms with Crippen LogP contribution in [0.2, 0.25) is 0 Å². The van der Waals surface area contributed by atoms with Crippen molar-refractivity contribution in [2.24, 2.45) is 11.7 Å². The van der Waals surface area contributed by atoms with Crippen LogP contribution in [0, 0.1) is 5.92 Å². The van der Waals surface area contributed by atoms with Crippen LogP contribution in [0.15, 0.2) is 24.3 Å². The van der Waals surface area contributed by atoms with Crippen molar-refractivity contribution in [3.05, 3.63) is 29.8 Å². The predicted molar refractivity (Wildman–Crippen MR) is 101 cm³/mol. The van der Waals surface area contributed by atoms with Crippen LogP contribution in [0.1, 0.15) is 19.4 Å². The van der Waals surface area contributed by atoms with Crippen molar-refractivity contribution in [3.8, 4) is 5.75 Å². The van der Waals surface area contributed by atoms with Gasteiger partial charge in [-0.2, -0.15) is 0 Å². The van der Waals surface area contributed by atoms with E-state index in [1.54, 1.807) is 0 Å². The molecule has 2 rings (SSSR count). The summed E-state index contributed by atoms with van der Waals surface area (Å²) in [7, 11) is 0. The molecule has 7 heteroatoms. The minimum Gasteiger partial charge on any atom is -0.492 e. The van der Waals surface area contributed by atoms with Crippen LogP contribution in [0.25, 0.3) is 0 Å². The van der Waals surface area contributed by atoms with E-state index in [4.69, 9.17) is 15.2 Å². The Morgan fingerprint density at radius 1 is 1.36 bits per heavy atom. The van der Waals surface area contributed by atoms with Crippen LogP contribution >= 0.6 is 12.4 Å². The van der Waals surface area contributed by atoms with E-state index in [1.807, 2.05) is 38.1 Å². The molecule has 6 nitrogen and oxygen atoms in total. The Balaban J connectivity index is 0.00000312. The van der Waals surface area contributed by atoms with Gasteiger partial charge in [-0.1, -0.05) is 26.0 Å². The molecule has 1 aliphatic heterocycles. The zero-order valence-corrected chi connectivity index (χ0v) is 15.9. The average molecular weight is 372 g/mol. The minimum atomic E-state index is -0.474. The van der Waals surface area contributed by atoms with Crippen LogP contribution < -0.4 is 15.8 Å². The molecular weight excluding hydrogens is 342 g/mol. The molecule has 3 N–H and O–H groups in total. The first-order valence-electron chi connectivity index (χ1n) is 8.61. The molecule has 0 aromatic heterocycles. The second-order valence-electron chi connectivity index (χ2n) is 6.44. The number of carbonyl (C=O) groups excluding carboxylic acids is 1. The normalized spacial score (nSPS) is 16.2. The fourth-order valence-electron chi connectivity index (χ4n) is 2.47. The van der Waals surface area contributed by atoms with E-state index in [-0.39, 0.29) is 24.2 Å². The summed E-state index contributed by atoms with van der Waals surface area (Å²) in [6, 6.07) is 7.33. The number of nitrogens with one attached hydrogen (secondary N) is 1. The topological polar surface area (TPSA) is 76.8 Å². The number of amides is 1. The minimum absolute atomic E-state index is 0. The molecule has 1 atom stereocenters. The molecule has 0 radical (unpaired) electrons. The third-order valence-electron chi connectivity index (χ3n) is 4.17. The molecule has 0 saturated carbocycles. The fourth-order valence-corrected chi connectivity index (χ4v) is 2.47. The van der Waals surface area contributed by atoms with E-state index in [1.165, 1.54) is 0 Å².